The molecule has 0 saturated carbocycles. The predicted octanol–water partition coefficient (Wildman–Crippen LogP) is 14.9. The van der Waals surface area contributed by atoms with Gasteiger partial charge in [-0.05, 0) is 62.2 Å². The van der Waals surface area contributed by atoms with E-state index in [1.54, 1.807) is 0 Å². The van der Waals surface area contributed by atoms with Gasteiger partial charge in [-0.1, -0.05) is 206 Å². The van der Waals surface area contributed by atoms with Crippen molar-refractivity contribution in [2.24, 2.45) is 0 Å². The summed E-state index contributed by atoms with van der Waals surface area (Å²) in [7, 11) is 0. The van der Waals surface area contributed by atoms with Crippen molar-refractivity contribution >= 4 is 38.0 Å². The summed E-state index contributed by atoms with van der Waals surface area (Å²) in [4.78, 5) is 10.4. The Kier molecular flexibility index (Phi) is 7.65. The third-order valence-corrected chi connectivity index (χ3v) is 13.5. The number of nitrogens with zero attached hydrogens (tertiary/aromatic N) is 2. The van der Waals surface area contributed by atoms with Crippen molar-refractivity contribution in [1.82, 2.24) is 9.97 Å². The molecule has 0 N–H and O–H groups in total. The van der Waals surface area contributed by atoms with Gasteiger partial charge in [0.1, 0.15) is 11.5 Å². The highest BCUT2D eigenvalue weighted by Crippen LogP contribution is 2.66. The van der Waals surface area contributed by atoms with Crippen molar-refractivity contribution < 1.29 is 4.74 Å². The number of hydrogen-bond acceptors (Lipinski definition) is 3. The lowest BCUT2D eigenvalue weighted by molar-refractivity contribution is 0.439. The lowest BCUT2D eigenvalue weighted by Crippen LogP contribution is -2.36. The highest BCUT2D eigenvalue weighted by atomic mass is 16.5. The van der Waals surface area contributed by atoms with Crippen LogP contribution in [0.1, 0.15) is 40.2 Å². The number of para-hydroxylation sites is 1. The van der Waals surface area contributed by atoms with Gasteiger partial charge >= 0.3 is 0 Å². The van der Waals surface area contributed by atoms with Crippen LogP contribution in [0.4, 0.5) is 0 Å². The van der Waals surface area contributed by atoms with Crippen LogP contribution in [0.3, 0.4) is 0 Å². The third-order valence-electron chi connectivity index (χ3n) is 13.5. The zero-order chi connectivity index (χ0) is 40.8. The number of rotatable bonds is 4. The van der Waals surface area contributed by atoms with E-state index >= 15 is 0 Å². The normalized spacial score (nSPS) is 15.6. The van der Waals surface area contributed by atoms with Gasteiger partial charge in [0, 0.05) is 44.3 Å². The number of allylic oxidation sites excluding steroid dienone is 4. The molecular formula is C59H38N2O. The molecule has 0 fully saturated rings. The highest BCUT2D eigenvalue weighted by Gasteiger charge is 2.55. The molecule has 3 heteroatoms. The predicted molar refractivity (Wildman–Crippen MR) is 254 cm³/mol. The van der Waals surface area contributed by atoms with Gasteiger partial charge in [0.2, 0.25) is 0 Å². The van der Waals surface area contributed by atoms with Crippen LogP contribution in [0.25, 0.3) is 71.8 Å². The van der Waals surface area contributed by atoms with E-state index in [0.29, 0.717) is 0 Å². The van der Waals surface area contributed by atoms with Crippen LogP contribution in [0, 0.1) is 0 Å². The Morgan fingerprint density at radius 3 is 1.76 bits per heavy atom. The molecule has 0 amide bonds. The fourth-order valence-electron chi connectivity index (χ4n) is 10.8. The fraction of sp³-hybridized carbons (Fsp3) is 0.0508. The van der Waals surface area contributed by atoms with E-state index in [1.807, 2.05) is 6.07 Å². The molecule has 2 heterocycles. The number of ether oxygens (including phenoxy) is 1. The summed E-state index contributed by atoms with van der Waals surface area (Å²) in [5.74, 6) is 2.71. The molecule has 1 unspecified atom stereocenters. The van der Waals surface area contributed by atoms with Crippen LogP contribution >= 0.6 is 0 Å². The van der Waals surface area contributed by atoms with Gasteiger partial charge in [-0.25, -0.2) is 9.97 Å². The topological polar surface area (TPSA) is 35.0 Å². The summed E-state index contributed by atoms with van der Waals surface area (Å²) in [5.41, 5.74) is 14.7. The van der Waals surface area contributed by atoms with Gasteiger partial charge < -0.3 is 4.74 Å². The molecule has 3 nitrogen and oxygen atoms in total. The summed E-state index contributed by atoms with van der Waals surface area (Å²) in [6.45, 7) is 0. The van der Waals surface area contributed by atoms with Crippen LogP contribution in [0.15, 0.2) is 218 Å². The Hall–Kier alpha value is -7.88. The monoisotopic (exact) mass is 790 g/mol. The minimum absolute atomic E-state index is 0.106. The Balaban J connectivity index is 0.978. The maximum Gasteiger partial charge on any atom is 0.160 e. The quantitative estimate of drug-likeness (QED) is 0.178. The van der Waals surface area contributed by atoms with E-state index in [9.17, 15) is 0 Å². The van der Waals surface area contributed by atoms with Crippen LogP contribution in [-0.2, 0) is 5.41 Å². The van der Waals surface area contributed by atoms with Gasteiger partial charge in [0.15, 0.2) is 5.82 Å². The van der Waals surface area contributed by atoms with Gasteiger partial charge in [-0.2, -0.15) is 0 Å². The molecule has 0 saturated heterocycles. The molecule has 9 aromatic carbocycles. The van der Waals surface area contributed by atoms with E-state index in [4.69, 9.17) is 14.7 Å². The van der Waals surface area contributed by atoms with Crippen molar-refractivity contribution in [3.05, 3.63) is 246 Å². The highest BCUT2D eigenvalue weighted by molar-refractivity contribution is 6.01. The second-order valence-electron chi connectivity index (χ2n) is 16.7. The summed E-state index contributed by atoms with van der Waals surface area (Å²) in [5, 5.41) is 5.64. The Morgan fingerprint density at radius 2 is 1.03 bits per heavy atom. The Bertz CT molecular complexity index is 3420. The second-order valence-corrected chi connectivity index (χ2v) is 16.7. The molecule has 1 aliphatic heterocycles. The first-order valence-electron chi connectivity index (χ1n) is 21.5. The van der Waals surface area contributed by atoms with E-state index in [0.717, 1.165) is 62.2 Å². The standard InChI is InChI=1S/C59H38N2O/c1-2-13-37(14-3-1)38-25-31-43(32-26-38)58-60-53-24-11-9-20-49(53)55(61-58)42-29-27-41(28-30-42)44-21-12-22-48-47-19-8-10-23-50(47)59(54(44)48)51-35-33-39-15-4-6-17-45(39)56(51)62-57-46-18-7-5-16-40(46)34-36-52(57)59/h1-20,22-36,44H,21H2. The van der Waals surface area contributed by atoms with Crippen molar-refractivity contribution in [3.8, 4) is 45.3 Å². The number of hydrogen-bond donors (Lipinski definition) is 0. The van der Waals surface area contributed by atoms with Gasteiger partial charge in [-0.3, -0.25) is 0 Å². The number of aromatic nitrogens is 2. The maximum absolute atomic E-state index is 7.24. The molecule has 2 aliphatic carbocycles. The molecule has 1 spiro atoms. The summed E-state index contributed by atoms with van der Waals surface area (Å²) in [6, 6.07) is 72.3. The van der Waals surface area contributed by atoms with Crippen molar-refractivity contribution in [2.75, 3.05) is 0 Å². The van der Waals surface area contributed by atoms with Crippen LogP contribution in [0.5, 0.6) is 11.5 Å². The lowest BCUT2D eigenvalue weighted by atomic mass is 9.60. The Morgan fingerprint density at radius 1 is 0.452 bits per heavy atom. The first kappa shape index (κ1) is 34.9. The van der Waals surface area contributed by atoms with Gasteiger partial charge in [-0.15, -0.1) is 0 Å². The smallest absolute Gasteiger partial charge is 0.160 e. The molecule has 1 atom stereocenters. The molecular weight excluding hydrogens is 753 g/mol. The average Bonchev–Trinajstić information content (AvgIpc) is 3.64. The zero-order valence-electron chi connectivity index (χ0n) is 33.8. The second kappa shape index (κ2) is 13.6. The first-order chi connectivity index (χ1) is 30.7. The van der Waals surface area contributed by atoms with Crippen molar-refractivity contribution in [1.29, 1.82) is 0 Å². The third kappa shape index (κ3) is 5.06. The average molecular weight is 791 g/mol. The van der Waals surface area contributed by atoms with Crippen molar-refractivity contribution in [2.45, 2.75) is 17.8 Å². The minimum atomic E-state index is -0.579. The maximum atomic E-state index is 7.24. The van der Waals surface area contributed by atoms with Crippen LogP contribution < -0.4 is 4.74 Å². The van der Waals surface area contributed by atoms with E-state index < -0.39 is 5.41 Å². The van der Waals surface area contributed by atoms with E-state index in [1.165, 1.54) is 60.9 Å². The van der Waals surface area contributed by atoms with E-state index in [-0.39, 0.29) is 5.92 Å². The SMILES string of the molecule is C1=CC2=C(C(c3ccc(-c4nc(-c5ccc(-c6ccccc6)cc5)nc5ccccc45)cc3)C1)C1(c3ccccc32)c2ccc3ccccc3c2Oc2c1ccc1ccccc21. The Labute approximate surface area is 360 Å². The molecule has 13 rings (SSSR count). The molecule has 0 radical (unpaired) electrons. The summed E-state index contributed by atoms with van der Waals surface area (Å²) in [6.07, 6.45) is 5.65. The molecule has 3 aliphatic rings. The number of benzene rings is 9. The minimum Gasteiger partial charge on any atom is -0.455 e. The van der Waals surface area contributed by atoms with Crippen LogP contribution in [0.2, 0.25) is 0 Å². The first-order valence-corrected chi connectivity index (χ1v) is 21.5. The molecule has 290 valence electrons. The fourth-order valence-corrected chi connectivity index (χ4v) is 10.8. The largest absolute Gasteiger partial charge is 0.455 e. The van der Waals surface area contributed by atoms with Crippen LogP contribution in [-0.4, -0.2) is 9.97 Å². The molecule has 10 aromatic rings. The number of fused-ring (bicyclic) bond motifs is 13. The summed E-state index contributed by atoms with van der Waals surface area (Å²) < 4.78 is 7.24. The molecule has 0 bridgehead atoms. The van der Waals surface area contributed by atoms with Gasteiger partial charge in [0.25, 0.3) is 0 Å². The summed E-state index contributed by atoms with van der Waals surface area (Å²) >= 11 is 0. The zero-order valence-corrected chi connectivity index (χ0v) is 33.8. The molecule has 62 heavy (non-hydrogen) atoms. The molecule has 1 aromatic heterocycles. The van der Waals surface area contributed by atoms with Gasteiger partial charge in [0.05, 0.1) is 16.6 Å². The van der Waals surface area contributed by atoms with Crippen molar-refractivity contribution in [3.63, 3.8) is 0 Å². The van der Waals surface area contributed by atoms with E-state index in [2.05, 4.69) is 206 Å². The lowest BCUT2D eigenvalue weighted by Gasteiger charge is -2.44.